The van der Waals surface area contributed by atoms with Gasteiger partial charge in [0.25, 0.3) is 5.91 Å². The summed E-state index contributed by atoms with van der Waals surface area (Å²) in [6.07, 6.45) is 0.737. The normalized spacial score (nSPS) is 20.7. The van der Waals surface area contributed by atoms with Crippen molar-refractivity contribution in [3.05, 3.63) is 24.3 Å². The minimum absolute atomic E-state index is 0.196. The maximum Gasteiger partial charge on any atom is 0.252 e. The van der Waals surface area contributed by atoms with Gasteiger partial charge < -0.3 is 15.0 Å². The number of rotatable bonds is 6. The van der Waals surface area contributed by atoms with Gasteiger partial charge >= 0.3 is 0 Å². The fourth-order valence-corrected chi connectivity index (χ4v) is 3.63. The zero-order chi connectivity index (χ0) is 16.2. The number of carbonyl (C=O) groups excluding carboxylic acids is 2. The first-order valence-electron chi connectivity index (χ1n) is 7.43. The lowest BCUT2D eigenvalue weighted by molar-refractivity contribution is -0.131. The molecule has 0 aromatic heterocycles. The number of nitrogens with zero attached hydrogens (tertiary/aromatic N) is 1. The predicted octanol–water partition coefficient (Wildman–Crippen LogP) is 2.06. The van der Waals surface area contributed by atoms with Crippen molar-refractivity contribution in [1.82, 2.24) is 5.32 Å². The van der Waals surface area contributed by atoms with Crippen LogP contribution in [0.15, 0.2) is 29.2 Å². The Morgan fingerprint density at radius 2 is 2.14 bits per heavy atom. The Kier molecular flexibility index (Phi) is 5.47. The molecule has 2 amide bonds. The van der Waals surface area contributed by atoms with Crippen molar-refractivity contribution in [3.8, 4) is 0 Å². The molecule has 0 radical (unpaired) electrons. The average molecular weight is 322 g/mol. The van der Waals surface area contributed by atoms with Gasteiger partial charge in [-0.25, -0.2) is 0 Å². The number of carbonyl (C=O) groups is 2. The summed E-state index contributed by atoms with van der Waals surface area (Å²) in [5, 5.41) is 2.85. The summed E-state index contributed by atoms with van der Waals surface area (Å²) in [4.78, 5) is 27.6. The SMILES string of the molecule is CCOCCCNC(=O)[C@@]1(C)Sc2ccccc2N(C)C1=O. The number of fused-ring (bicyclic) bond motifs is 1. The van der Waals surface area contributed by atoms with Crippen molar-refractivity contribution in [2.45, 2.75) is 29.9 Å². The van der Waals surface area contributed by atoms with E-state index in [2.05, 4.69) is 5.32 Å². The molecule has 2 rings (SSSR count). The standard InChI is InChI=1S/C16H22N2O3S/c1-4-21-11-7-10-17-14(19)16(2)15(20)18(3)12-8-5-6-9-13(12)22-16/h5-6,8-9H,4,7,10-11H2,1-3H3,(H,17,19)/t16-/m1/s1. The third-order valence-electron chi connectivity index (χ3n) is 3.64. The van der Waals surface area contributed by atoms with Crippen LogP contribution in [0, 0.1) is 0 Å². The summed E-state index contributed by atoms with van der Waals surface area (Å²) in [6, 6.07) is 7.62. The third kappa shape index (κ3) is 3.28. The molecule has 120 valence electrons. The number of benzene rings is 1. The van der Waals surface area contributed by atoms with E-state index in [9.17, 15) is 9.59 Å². The molecule has 0 bridgehead atoms. The molecule has 0 aliphatic carbocycles. The molecule has 6 heteroatoms. The van der Waals surface area contributed by atoms with E-state index in [0.29, 0.717) is 19.8 Å². The lowest BCUT2D eigenvalue weighted by Gasteiger charge is -2.36. The topological polar surface area (TPSA) is 58.6 Å². The number of para-hydroxylation sites is 1. The maximum absolute atomic E-state index is 12.6. The second-order valence-electron chi connectivity index (χ2n) is 5.27. The molecular weight excluding hydrogens is 300 g/mol. The lowest BCUT2D eigenvalue weighted by atomic mass is 10.1. The molecule has 0 saturated heterocycles. The largest absolute Gasteiger partial charge is 0.382 e. The van der Waals surface area contributed by atoms with Gasteiger partial charge in [-0.3, -0.25) is 9.59 Å². The third-order valence-corrected chi connectivity index (χ3v) is 4.98. The summed E-state index contributed by atoms with van der Waals surface area (Å²) in [6.45, 7) is 5.40. The minimum Gasteiger partial charge on any atom is -0.382 e. The van der Waals surface area contributed by atoms with Gasteiger partial charge in [0, 0.05) is 31.7 Å². The van der Waals surface area contributed by atoms with Crippen molar-refractivity contribution >= 4 is 29.3 Å². The smallest absolute Gasteiger partial charge is 0.252 e. The second-order valence-corrected chi connectivity index (χ2v) is 6.73. The molecule has 0 saturated carbocycles. The number of thioether (sulfide) groups is 1. The lowest BCUT2D eigenvalue weighted by Crippen LogP contribution is -2.55. The molecule has 0 fully saturated rings. The number of hydrogen-bond acceptors (Lipinski definition) is 4. The molecule has 1 heterocycles. The molecule has 0 spiro atoms. The monoisotopic (exact) mass is 322 g/mol. The molecule has 1 aliphatic heterocycles. The Bertz CT molecular complexity index is 564. The number of hydrogen-bond donors (Lipinski definition) is 1. The number of anilines is 1. The molecule has 22 heavy (non-hydrogen) atoms. The highest BCUT2D eigenvalue weighted by atomic mass is 32.2. The van der Waals surface area contributed by atoms with Crippen LogP contribution in [-0.2, 0) is 14.3 Å². The van der Waals surface area contributed by atoms with Crippen LogP contribution in [0.3, 0.4) is 0 Å². The van der Waals surface area contributed by atoms with Gasteiger partial charge in [-0.1, -0.05) is 23.9 Å². The van der Waals surface area contributed by atoms with E-state index in [1.807, 2.05) is 31.2 Å². The first-order valence-corrected chi connectivity index (χ1v) is 8.24. The molecular formula is C16H22N2O3S. The molecule has 1 aromatic rings. The first-order chi connectivity index (χ1) is 10.5. The Morgan fingerprint density at radius 1 is 1.41 bits per heavy atom. The second kappa shape index (κ2) is 7.15. The summed E-state index contributed by atoms with van der Waals surface area (Å²) < 4.78 is 4.11. The van der Waals surface area contributed by atoms with Gasteiger partial charge in [-0.05, 0) is 32.4 Å². The van der Waals surface area contributed by atoms with Crippen LogP contribution in [0.5, 0.6) is 0 Å². The van der Waals surface area contributed by atoms with E-state index < -0.39 is 4.75 Å². The number of amides is 2. The Morgan fingerprint density at radius 3 is 2.86 bits per heavy atom. The zero-order valence-corrected chi connectivity index (χ0v) is 14.0. The van der Waals surface area contributed by atoms with E-state index in [1.54, 1.807) is 18.9 Å². The average Bonchev–Trinajstić information content (AvgIpc) is 2.52. The maximum atomic E-state index is 12.6. The van der Waals surface area contributed by atoms with Crippen molar-refractivity contribution in [2.24, 2.45) is 0 Å². The van der Waals surface area contributed by atoms with Gasteiger partial charge in [0.1, 0.15) is 0 Å². The predicted molar refractivity (Wildman–Crippen MR) is 88.2 cm³/mol. The molecule has 5 nitrogen and oxygen atoms in total. The van der Waals surface area contributed by atoms with E-state index in [4.69, 9.17) is 4.74 Å². The molecule has 1 aromatic carbocycles. The molecule has 0 unspecified atom stereocenters. The van der Waals surface area contributed by atoms with Crippen LogP contribution in [0.4, 0.5) is 5.69 Å². The summed E-state index contributed by atoms with van der Waals surface area (Å²) in [5.41, 5.74) is 0.846. The fraction of sp³-hybridized carbons (Fsp3) is 0.500. The Balaban J connectivity index is 2.06. The van der Waals surface area contributed by atoms with E-state index in [1.165, 1.54) is 11.8 Å². The highest BCUT2D eigenvalue weighted by molar-refractivity contribution is 8.02. The molecule has 1 N–H and O–H groups in total. The van der Waals surface area contributed by atoms with Crippen LogP contribution >= 0.6 is 11.8 Å². The zero-order valence-electron chi connectivity index (χ0n) is 13.2. The molecule has 1 aliphatic rings. The van der Waals surface area contributed by atoms with Gasteiger partial charge in [0.15, 0.2) is 4.75 Å². The van der Waals surface area contributed by atoms with Gasteiger partial charge in [0.2, 0.25) is 5.91 Å². The highest BCUT2D eigenvalue weighted by Gasteiger charge is 2.47. The van der Waals surface area contributed by atoms with Crippen molar-refractivity contribution in [1.29, 1.82) is 0 Å². The number of nitrogens with one attached hydrogen (secondary N) is 1. The van der Waals surface area contributed by atoms with Crippen molar-refractivity contribution in [2.75, 3.05) is 31.7 Å². The van der Waals surface area contributed by atoms with Crippen LogP contribution in [0.1, 0.15) is 20.3 Å². The summed E-state index contributed by atoms with van der Waals surface area (Å²) in [7, 11) is 1.71. The van der Waals surface area contributed by atoms with E-state index in [0.717, 1.165) is 17.0 Å². The van der Waals surface area contributed by atoms with Crippen molar-refractivity contribution in [3.63, 3.8) is 0 Å². The minimum atomic E-state index is -1.13. The Labute approximate surface area is 135 Å². The Hall–Kier alpha value is -1.53. The summed E-state index contributed by atoms with van der Waals surface area (Å²) in [5.74, 6) is -0.446. The quantitative estimate of drug-likeness (QED) is 0.643. The van der Waals surface area contributed by atoms with E-state index in [-0.39, 0.29) is 11.8 Å². The van der Waals surface area contributed by atoms with Crippen LogP contribution in [0.2, 0.25) is 0 Å². The van der Waals surface area contributed by atoms with Gasteiger partial charge in [-0.2, -0.15) is 0 Å². The first kappa shape index (κ1) is 16.8. The fourth-order valence-electron chi connectivity index (χ4n) is 2.35. The van der Waals surface area contributed by atoms with Gasteiger partial charge in [0.05, 0.1) is 5.69 Å². The number of ether oxygens (including phenoxy) is 1. The van der Waals surface area contributed by atoms with Crippen LogP contribution < -0.4 is 10.2 Å². The molecule has 1 atom stereocenters. The van der Waals surface area contributed by atoms with Crippen LogP contribution in [-0.4, -0.2) is 43.4 Å². The summed E-state index contributed by atoms with van der Waals surface area (Å²) >= 11 is 1.31. The van der Waals surface area contributed by atoms with Gasteiger partial charge in [-0.15, -0.1) is 0 Å². The van der Waals surface area contributed by atoms with Crippen LogP contribution in [0.25, 0.3) is 0 Å². The highest BCUT2D eigenvalue weighted by Crippen LogP contribution is 2.44. The van der Waals surface area contributed by atoms with E-state index >= 15 is 0 Å². The van der Waals surface area contributed by atoms with Crippen molar-refractivity contribution < 1.29 is 14.3 Å².